The van der Waals surface area contributed by atoms with Crippen LogP contribution in [-0.4, -0.2) is 22.5 Å². The lowest BCUT2D eigenvalue weighted by molar-refractivity contribution is -0.133. The van der Waals surface area contributed by atoms with Crippen molar-refractivity contribution in [3.05, 3.63) is 0 Å². The summed E-state index contributed by atoms with van der Waals surface area (Å²) in [6.45, 7) is 11.5. The molecule has 88 valence electrons. The van der Waals surface area contributed by atoms with E-state index in [1.165, 1.54) is 0 Å². The van der Waals surface area contributed by atoms with E-state index >= 15 is 0 Å². The van der Waals surface area contributed by atoms with Gasteiger partial charge in [0.05, 0.1) is 22.7 Å². The van der Waals surface area contributed by atoms with Gasteiger partial charge in [0, 0.05) is 0 Å². The van der Waals surface area contributed by atoms with Gasteiger partial charge in [0.2, 0.25) is 0 Å². The second-order valence-corrected chi connectivity index (χ2v) is 6.31. The van der Waals surface area contributed by atoms with E-state index in [1.807, 2.05) is 27.7 Å². The number of carbonyl (C=O) groups is 1. The topological polar surface area (TPSA) is 52.3 Å². The molecule has 0 aromatic carbocycles. The number of rotatable bonds is 2. The fourth-order valence-corrected chi connectivity index (χ4v) is 2.42. The van der Waals surface area contributed by atoms with E-state index in [0.717, 1.165) is 6.42 Å². The first-order valence-electron chi connectivity index (χ1n) is 5.49. The maximum absolute atomic E-state index is 12.2. The molecule has 1 saturated heterocycles. The molecule has 15 heavy (non-hydrogen) atoms. The number of hydrogen-bond donors (Lipinski definition) is 1. The summed E-state index contributed by atoms with van der Waals surface area (Å²) in [5.74, 6) is -0.00873. The Morgan fingerprint density at radius 3 is 2.07 bits per heavy atom. The van der Waals surface area contributed by atoms with Gasteiger partial charge in [-0.1, -0.05) is 0 Å². The number of nitrogens with two attached hydrogens (primary N) is 1. The highest BCUT2D eigenvalue weighted by Crippen LogP contribution is 2.43. The first-order valence-corrected chi connectivity index (χ1v) is 5.49. The van der Waals surface area contributed by atoms with E-state index in [4.69, 9.17) is 10.5 Å². The Hall–Kier alpha value is -0.410. The van der Waals surface area contributed by atoms with E-state index < -0.39 is 11.1 Å². The van der Waals surface area contributed by atoms with Gasteiger partial charge in [-0.05, 0) is 48.0 Å². The van der Waals surface area contributed by atoms with E-state index in [0.29, 0.717) is 0 Å². The second-order valence-electron chi connectivity index (χ2n) is 6.31. The molecule has 0 bridgehead atoms. The molecule has 0 amide bonds. The molecular formula is C12H23NO2. The minimum atomic E-state index is -0.772. The molecule has 0 aromatic rings. The molecule has 1 unspecified atom stereocenters. The van der Waals surface area contributed by atoms with Crippen molar-refractivity contribution < 1.29 is 9.53 Å². The third-order valence-electron chi connectivity index (χ3n) is 3.03. The van der Waals surface area contributed by atoms with Crippen molar-refractivity contribution in [3.8, 4) is 0 Å². The smallest absolute Gasteiger partial charge is 0.158 e. The van der Waals surface area contributed by atoms with Crippen LogP contribution in [0.4, 0.5) is 0 Å². The maximum Gasteiger partial charge on any atom is 0.158 e. The van der Waals surface area contributed by atoms with Gasteiger partial charge in [-0.3, -0.25) is 4.79 Å². The molecule has 1 aliphatic heterocycles. The molecule has 1 heterocycles. The van der Waals surface area contributed by atoms with Crippen LogP contribution in [0.1, 0.15) is 48.0 Å². The Bertz CT molecular complexity index is 274. The van der Waals surface area contributed by atoms with E-state index in [-0.39, 0.29) is 17.3 Å². The molecule has 1 atom stereocenters. The zero-order chi connectivity index (χ0) is 12.1. The highest BCUT2D eigenvalue weighted by Gasteiger charge is 2.51. The first kappa shape index (κ1) is 12.7. The highest BCUT2D eigenvalue weighted by atomic mass is 16.5. The van der Waals surface area contributed by atoms with Crippen molar-refractivity contribution in [2.24, 2.45) is 11.7 Å². The third-order valence-corrected chi connectivity index (χ3v) is 3.03. The molecule has 0 aromatic heterocycles. The maximum atomic E-state index is 12.2. The normalized spacial score (nSPS) is 29.1. The van der Waals surface area contributed by atoms with Gasteiger partial charge in [0.25, 0.3) is 0 Å². The Morgan fingerprint density at radius 1 is 1.33 bits per heavy atom. The average molecular weight is 213 g/mol. The van der Waals surface area contributed by atoms with Gasteiger partial charge in [-0.25, -0.2) is 0 Å². The molecule has 0 saturated carbocycles. The quantitative estimate of drug-likeness (QED) is 0.762. The van der Waals surface area contributed by atoms with Crippen LogP contribution in [0, 0.1) is 5.92 Å². The zero-order valence-corrected chi connectivity index (χ0v) is 10.7. The molecule has 1 aliphatic rings. The van der Waals surface area contributed by atoms with E-state index in [9.17, 15) is 4.79 Å². The summed E-state index contributed by atoms with van der Waals surface area (Å²) in [6, 6.07) is 0. The summed E-state index contributed by atoms with van der Waals surface area (Å²) >= 11 is 0. The molecule has 3 nitrogen and oxygen atoms in total. The summed E-state index contributed by atoms with van der Waals surface area (Å²) < 4.78 is 5.89. The van der Waals surface area contributed by atoms with Crippen LogP contribution >= 0.6 is 0 Å². The minimum absolute atomic E-state index is 0.0954. The third kappa shape index (κ3) is 2.58. The molecular weight excluding hydrogens is 190 g/mol. The van der Waals surface area contributed by atoms with Crippen LogP contribution in [0.25, 0.3) is 0 Å². The molecule has 0 spiro atoms. The molecule has 3 heteroatoms. The number of carbonyl (C=O) groups excluding carboxylic acids is 1. The van der Waals surface area contributed by atoms with Gasteiger partial charge in [-0.2, -0.15) is 0 Å². The van der Waals surface area contributed by atoms with Crippen molar-refractivity contribution in [1.82, 2.24) is 0 Å². The lowest BCUT2D eigenvalue weighted by Gasteiger charge is -2.30. The first-order chi connectivity index (χ1) is 6.46. The van der Waals surface area contributed by atoms with Crippen LogP contribution < -0.4 is 5.73 Å². The predicted octanol–water partition coefficient (Wildman–Crippen LogP) is 1.89. The summed E-state index contributed by atoms with van der Waals surface area (Å²) in [5.41, 5.74) is 4.46. The molecule has 2 N–H and O–H groups in total. The van der Waals surface area contributed by atoms with Gasteiger partial charge < -0.3 is 10.5 Å². The van der Waals surface area contributed by atoms with Crippen LogP contribution in [-0.2, 0) is 9.53 Å². The summed E-state index contributed by atoms with van der Waals surface area (Å²) in [6.07, 6.45) is 0.749. The average Bonchev–Trinajstić information content (AvgIpc) is 2.15. The number of ketones is 1. The molecule has 1 rings (SSSR count). The Balaban J connectivity index is 2.93. The van der Waals surface area contributed by atoms with Crippen LogP contribution in [0.15, 0.2) is 0 Å². The predicted molar refractivity (Wildman–Crippen MR) is 60.6 cm³/mol. The van der Waals surface area contributed by atoms with Gasteiger partial charge in [-0.15, -0.1) is 0 Å². The van der Waals surface area contributed by atoms with Crippen molar-refractivity contribution >= 4 is 5.78 Å². The number of hydrogen-bond acceptors (Lipinski definition) is 3. The van der Waals surface area contributed by atoms with Crippen molar-refractivity contribution in [2.75, 3.05) is 0 Å². The van der Waals surface area contributed by atoms with Crippen LogP contribution in [0.2, 0.25) is 0 Å². The van der Waals surface area contributed by atoms with E-state index in [2.05, 4.69) is 0 Å². The largest absolute Gasteiger partial charge is 0.369 e. The fraction of sp³-hybridized carbons (Fsp3) is 0.917. The number of ether oxygens (including phenoxy) is 1. The fourth-order valence-electron chi connectivity index (χ4n) is 2.42. The standard InChI is InChI=1S/C12H23NO2/c1-10(2)7-8(12(5,6)15-10)9(14)11(3,4)13/h8H,7,13H2,1-6H3. The van der Waals surface area contributed by atoms with Crippen LogP contribution in [0.3, 0.4) is 0 Å². The lowest BCUT2D eigenvalue weighted by Crippen LogP contribution is -2.49. The highest BCUT2D eigenvalue weighted by molar-refractivity contribution is 5.90. The molecule has 0 radical (unpaired) electrons. The SMILES string of the molecule is CC1(C)CC(C(=O)C(C)(C)N)C(C)(C)O1. The summed E-state index contributed by atoms with van der Waals surface area (Å²) in [4.78, 5) is 12.2. The summed E-state index contributed by atoms with van der Waals surface area (Å²) in [7, 11) is 0. The lowest BCUT2D eigenvalue weighted by atomic mass is 9.78. The Labute approximate surface area is 92.4 Å². The van der Waals surface area contributed by atoms with Crippen molar-refractivity contribution in [1.29, 1.82) is 0 Å². The molecule has 0 aliphatic carbocycles. The Morgan fingerprint density at radius 2 is 1.80 bits per heavy atom. The van der Waals surface area contributed by atoms with Gasteiger partial charge in [0.15, 0.2) is 5.78 Å². The zero-order valence-electron chi connectivity index (χ0n) is 10.7. The number of Topliss-reactive ketones (excluding diaryl/α,β-unsaturated/α-hetero) is 1. The van der Waals surface area contributed by atoms with Crippen LogP contribution in [0.5, 0.6) is 0 Å². The van der Waals surface area contributed by atoms with Crippen molar-refractivity contribution in [3.63, 3.8) is 0 Å². The molecule has 1 fully saturated rings. The minimum Gasteiger partial charge on any atom is -0.369 e. The van der Waals surface area contributed by atoms with Gasteiger partial charge >= 0.3 is 0 Å². The van der Waals surface area contributed by atoms with Crippen molar-refractivity contribution in [2.45, 2.75) is 64.7 Å². The second kappa shape index (κ2) is 3.29. The summed E-state index contributed by atoms with van der Waals surface area (Å²) in [5, 5.41) is 0. The van der Waals surface area contributed by atoms with E-state index in [1.54, 1.807) is 13.8 Å². The monoisotopic (exact) mass is 213 g/mol. The Kier molecular flexibility index (Phi) is 2.78. The van der Waals surface area contributed by atoms with Gasteiger partial charge in [0.1, 0.15) is 0 Å².